The highest BCUT2D eigenvalue weighted by Crippen LogP contribution is 2.19. The zero-order valence-corrected chi connectivity index (χ0v) is 15.5. The predicted molar refractivity (Wildman–Crippen MR) is 95.7 cm³/mol. The van der Waals surface area contributed by atoms with Gasteiger partial charge in [0.2, 0.25) is 15.9 Å². The van der Waals surface area contributed by atoms with Crippen LogP contribution < -0.4 is 4.72 Å². The van der Waals surface area contributed by atoms with Crippen molar-refractivity contribution in [2.24, 2.45) is 5.92 Å². The summed E-state index contributed by atoms with van der Waals surface area (Å²) in [5, 5.41) is 5.84. The number of piperidine rings is 1. The summed E-state index contributed by atoms with van der Waals surface area (Å²) in [6.07, 6.45) is 5.77. The first kappa shape index (κ1) is 18.1. The van der Waals surface area contributed by atoms with Crippen LogP contribution >= 0.6 is 11.3 Å². The van der Waals surface area contributed by atoms with Crippen LogP contribution in [0, 0.1) is 5.92 Å². The molecule has 2 aromatic heterocycles. The molecule has 1 saturated heterocycles. The third-order valence-electron chi connectivity index (χ3n) is 4.31. The zero-order valence-electron chi connectivity index (χ0n) is 13.9. The number of aromatic nitrogens is 2. The number of amides is 1. The Kier molecular flexibility index (Phi) is 5.87. The lowest BCUT2D eigenvalue weighted by Gasteiger charge is -2.33. The van der Waals surface area contributed by atoms with E-state index in [0.29, 0.717) is 30.3 Å². The molecule has 3 heterocycles. The average molecular weight is 383 g/mol. The molecule has 2 aromatic rings. The standard InChI is InChI=1S/C16H22N4O3S2/c21-15(6-10-20-9-3-7-17-20)19-8-1-4-14(13-19)12-18-25(22,23)16-5-2-11-24-16/h2-3,5,7,9,11,14,18H,1,4,6,8,10,12-13H2. The summed E-state index contributed by atoms with van der Waals surface area (Å²) in [5.74, 6) is 0.249. The van der Waals surface area contributed by atoms with Crippen molar-refractivity contribution in [2.75, 3.05) is 19.6 Å². The van der Waals surface area contributed by atoms with Gasteiger partial charge in [0.15, 0.2) is 0 Å². The Bertz CT molecular complexity index is 772. The van der Waals surface area contributed by atoms with E-state index in [4.69, 9.17) is 0 Å². The normalized spacial score (nSPS) is 18.4. The Morgan fingerprint density at radius 1 is 1.40 bits per heavy atom. The van der Waals surface area contributed by atoms with Crippen LogP contribution in [-0.2, 0) is 21.4 Å². The highest BCUT2D eigenvalue weighted by Gasteiger charge is 2.25. The minimum absolute atomic E-state index is 0.0984. The molecular weight excluding hydrogens is 360 g/mol. The number of rotatable bonds is 7. The van der Waals surface area contributed by atoms with E-state index in [-0.39, 0.29) is 11.8 Å². The fraction of sp³-hybridized carbons (Fsp3) is 0.500. The molecule has 0 aliphatic carbocycles. The van der Waals surface area contributed by atoms with Crippen molar-refractivity contribution >= 4 is 27.3 Å². The molecule has 0 spiro atoms. The van der Waals surface area contributed by atoms with E-state index in [2.05, 4.69) is 9.82 Å². The largest absolute Gasteiger partial charge is 0.342 e. The fourth-order valence-corrected chi connectivity index (χ4v) is 5.13. The van der Waals surface area contributed by atoms with Gasteiger partial charge < -0.3 is 4.90 Å². The maximum atomic E-state index is 12.4. The minimum atomic E-state index is -3.44. The van der Waals surface area contributed by atoms with Gasteiger partial charge in [0.1, 0.15) is 4.21 Å². The second kappa shape index (κ2) is 8.11. The first-order valence-corrected chi connectivity index (χ1v) is 10.7. The Morgan fingerprint density at radius 2 is 2.28 bits per heavy atom. The van der Waals surface area contributed by atoms with Crippen LogP contribution in [0.4, 0.5) is 0 Å². The van der Waals surface area contributed by atoms with E-state index >= 15 is 0 Å². The van der Waals surface area contributed by atoms with Crippen LogP contribution in [0.2, 0.25) is 0 Å². The molecule has 1 N–H and O–H groups in total. The molecule has 1 aliphatic rings. The van der Waals surface area contributed by atoms with E-state index in [1.165, 1.54) is 11.3 Å². The molecular formula is C16H22N4O3S2. The average Bonchev–Trinajstić information content (AvgIpc) is 3.32. The summed E-state index contributed by atoms with van der Waals surface area (Å²) >= 11 is 1.20. The molecule has 0 saturated carbocycles. The third-order valence-corrected chi connectivity index (χ3v) is 7.13. The van der Waals surface area contributed by atoms with Gasteiger partial charge in [0.05, 0.1) is 0 Å². The lowest BCUT2D eigenvalue weighted by atomic mass is 9.98. The van der Waals surface area contributed by atoms with E-state index in [9.17, 15) is 13.2 Å². The number of hydrogen-bond donors (Lipinski definition) is 1. The van der Waals surface area contributed by atoms with Gasteiger partial charge in [-0.3, -0.25) is 9.48 Å². The van der Waals surface area contributed by atoms with Crippen molar-refractivity contribution in [1.29, 1.82) is 0 Å². The van der Waals surface area contributed by atoms with Crippen LogP contribution in [0.3, 0.4) is 0 Å². The first-order chi connectivity index (χ1) is 12.0. The van der Waals surface area contributed by atoms with Gasteiger partial charge in [-0.15, -0.1) is 11.3 Å². The van der Waals surface area contributed by atoms with E-state index in [0.717, 1.165) is 19.4 Å². The molecule has 25 heavy (non-hydrogen) atoms. The summed E-state index contributed by atoms with van der Waals surface area (Å²) in [6.45, 7) is 2.28. The fourth-order valence-electron chi connectivity index (χ4n) is 2.97. The molecule has 1 unspecified atom stereocenters. The van der Waals surface area contributed by atoms with Crippen molar-refractivity contribution in [3.8, 4) is 0 Å². The van der Waals surface area contributed by atoms with Gasteiger partial charge in [-0.05, 0) is 36.3 Å². The SMILES string of the molecule is O=C(CCn1cccn1)N1CCCC(CNS(=O)(=O)c2cccs2)C1. The molecule has 1 aliphatic heterocycles. The molecule has 1 amide bonds. The van der Waals surface area contributed by atoms with E-state index in [1.807, 2.05) is 17.2 Å². The van der Waals surface area contributed by atoms with Gasteiger partial charge in [0.25, 0.3) is 0 Å². The number of nitrogens with zero attached hydrogens (tertiary/aromatic N) is 3. The predicted octanol–water partition coefficient (Wildman–Crippen LogP) is 1.55. The molecule has 1 fully saturated rings. The lowest BCUT2D eigenvalue weighted by Crippen LogP contribution is -2.43. The number of sulfonamides is 1. The number of aryl methyl sites for hydroxylation is 1. The Balaban J connectivity index is 1.48. The maximum Gasteiger partial charge on any atom is 0.250 e. The van der Waals surface area contributed by atoms with Crippen molar-refractivity contribution in [1.82, 2.24) is 19.4 Å². The number of likely N-dealkylation sites (tertiary alicyclic amines) is 1. The topological polar surface area (TPSA) is 84.3 Å². The number of thiophene rings is 1. The lowest BCUT2D eigenvalue weighted by molar-refractivity contribution is -0.133. The highest BCUT2D eigenvalue weighted by atomic mass is 32.2. The number of nitrogens with one attached hydrogen (secondary N) is 1. The van der Waals surface area contributed by atoms with Crippen molar-refractivity contribution in [3.63, 3.8) is 0 Å². The first-order valence-electron chi connectivity index (χ1n) is 8.33. The molecule has 136 valence electrons. The molecule has 9 heteroatoms. The van der Waals surface area contributed by atoms with Gasteiger partial charge in [-0.2, -0.15) is 5.10 Å². The highest BCUT2D eigenvalue weighted by molar-refractivity contribution is 7.91. The quantitative estimate of drug-likeness (QED) is 0.787. The summed E-state index contributed by atoms with van der Waals surface area (Å²) in [4.78, 5) is 14.2. The summed E-state index contributed by atoms with van der Waals surface area (Å²) < 4.78 is 29.1. The Morgan fingerprint density at radius 3 is 3.00 bits per heavy atom. The van der Waals surface area contributed by atoms with Crippen LogP contribution in [0.5, 0.6) is 0 Å². The van der Waals surface area contributed by atoms with Gasteiger partial charge in [0, 0.05) is 45.0 Å². The summed E-state index contributed by atoms with van der Waals surface area (Å²) in [5.41, 5.74) is 0. The third kappa shape index (κ3) is 4.90. The van der Waals surface area contributed by atoms with Crippen LogP contribution in [0.25, 0.3) is 0 Å². The number of carbonyl (C=O) groups excluding carboxylic acids is 1. The molecule has 1 atom stereocenters. The summed E-state index contributed by atoms with van der Waals surface area (Å²) in [6, 6.07) is 5.15. The number of hydrogen-bond acceptors (Lipinski definition) is 5. The number of carbonyl (C=O) groups is 1. The molecule has 0 bridgehead atoms. The van der Waals surface area contributed by atoms with Crippen molar-refractivity contribution < 1.29 is 13.2 Å². The molecule has 3 rings (SSSR count). The Labute approximate surface area is 151 Å². The van der Waals surface area contributed by atoms with Crippen molar-refractivity contribution in [3.05, 3.63) is 36.0 Å². The van der Waals surface area contributed by atoms with Crippen LogP contribution in [0.15, 0.2) is 40.2 Å². The van der Waals surface area contributed by atoms with E-state index in [1.54, 1.807) is 28.4 Å². The molecule has 0 radical (unpaired) electrons. The second-order valence-corrected chi connectivity index (χ2v) is 9.09. The maximum absolute atomic E-state index is 12.4. The van der Waals surface area contributed by atoms with Crippen LogP contribution in [0.1, 0.15) is 19.3 Å². The smallest absolute Gasteiger partial charge is 0.250 e. The second-order valence-electron chi connectivity index (χ2n) is 6.15. The Hall–Kier alpha value is -1.71. The van der Waals surface area contributed by atoms with Crippen LogP contribution in [-0.4, -0.2) is 48.6 Å². The summed E-state index contributed by atoms with van der Waals surface area (Å²) in [7, 11) is -3.44. The van der Waals surface area contributed by atoms with Gasteiger partial charge >= 0.3 is 0 Å². The van der Waals surface area contributed by atoms with Crippen molar-refractivity contribution in [2.45, 2.75) is 30.0 Å². The van der Waals surface area contributed by atoms with Gasteiger partial charge in [-0.1, -0.05) is 6.07 Å². The minimum Gasteiger partial charge on any atom is -0.342 e. The van der Waals surface area contributed by atoms with Gasteiger partial charge in [-0.25, -0.2) is 13.1 Å². The molecule has 7 nitrogen and oxygen atoms in total. The van der Waals surface area contributed by atoms with E-state index < -0.39 is 10.0 Å². The monoisotopic (exact) mass is 382 g/mol. The zero-order chi connectivity index (χ0) is 17.7. The molecule has 0 aromatic carbocycles.